The van der Waals surface area contributed by atoms with Gasteiger partial charge in [-0.1, -0.05) is 48.0 Å². The number of benzene rings is 3. The SMILES string of the molecule is Cc1cc(C)c(NC(=O)CN(C)CC(=O)Nc2ccccc2C(=O)Nc2ccccc2)c(C)c1. The van der Waals surface area contributed by atoms with Gasteiger partial charge < -0.3 is 16.0 Å². The van der Waals surface area contributed by atoms with Gasteiger partial charge in [-0.05, 0) is 63.2 Å². The van der Waals surface area contributed by atoms with Crippen LogP contribution < -0.4 is 16.0 Å². The highest BCUT2D eigenvalue weighted by Crippen LogP contribution is 2.22. The number of nitrogens with zero attached hydrogens (tertiary/aromatic N) is 1. The van der Waals surface area contributed by atoms with Crippen LogP contribution in [0.2, 0.25) is 0 Å². The van der Waals surface area contributed by atoms with E-state index in [0.717, 1.165) is 22.4 Å². The predicted octanol–water partition coefficient (Wildman–Crippen LogP) is 4.37. The van der Waals surface area contributed by atoms with Crippen molar-refractivity contribution in [1.29, 1.82) is 0 Å². The van der Waals surface area contributed by atoms with E-state index in [2.05, 4.69) is 16.0 Å². The maximum atomic E-state index is 12.7. The molecule has 0 aliphatic rings. The Labute approximate surface area is 200 Å². The fraction of sp³-hybridized carbons (Fsp3) is 0.222. The summed E-state index contributed by atoms with van der Waals surface area (Å²) >= 11 is 0. The fourth-order valence-electron chi connectivity index (χ4n) is 3.80. The lowest BCUT2D eigenvalue weighted by atomic mass is 10.1. The van der Waals surface area contributed by atoms with E-state index in [0.29, 0.717) is 16.9 Å². The molecule has 7 heteroatoms. The van der Waals surface area contributed by atoms with Crippen molar-refractivity contribution in [2.75, 3.05) is 36.1 Å². The van der Waals surface area contributed by atoms with Crippen LogP contribution in [0.3, 0.4) is 0 Å². The van der Waals surface area contributed by atoms with Gasteiger partial charge in [0, 0.05) is 11.4 Å². The van der Waals surface area contributed by atoms with E-state index in [1.165, 1.54) is 0 Å². The van der Waals surface area contributed by atoms with Crippen LogP contribution in [-0.4, -0.2) is 42.8 Å². The highest BCUT2D eigenvalue weighted by atomic mass is 16.2. The zero-order valence-corrected chi connectivity index (χ0v) is 19.9. The number of rotatable bonds is 8. The van der Waals surface area contributed by atoms with Crippen LogP contribution >= 0.6 is 0 Å². The topological polar surface area (TPSA) is 90.5 Å². The van der Waals surface area contributed by atoms with Gasteiger partial charge in [0.1, 0.15) is 0 Å². The molecule has 0 unspecified atom stereocenters. The van der Waals surface area contributed by atoms with E-state index < -0.39 is 0 Å². The second-order valence-electron chi connectivity index (χ2n) is 8.41. The Bertz CT molecular complexity index is 1170. The third-order valence-corrected chi connectivity index (χ3v) is 5.25. The summed E-state index contributed by atoms with van der Waals surface area (Å²) in [6, 6.07) is 20.0. The van der Waals surface area contributed by atoms with Crippen LogP contribution in [0.25, 0.3) is 0 Å². The predicted molar refractivity (Wildman–Crippen MR) is 136 cm³/mol. The number of likely N-dealkylation sites (N-methyl/N-ethyl adjacent to an activating group) is 1. The molecule has 0 aromatic heterocycles. The van der Waals surface area contributed by atoms with Crippen LogP contribution in [0.1, 0.15) is 27.0 Å². The summed E-state index contributed by atoms with van der Waals surface area (Å²) in [6.45, 7) is 5.97. The Morgan fingerprint density at radius 2 is 1.29 bits per heavy atom. The van der Waals surface area contributed by atoms with Crippen molar-refractivity contribution in [1.82, 2.24) is 4.90 Å². The second kappa shape index (κ2) is 11.2. The molecule has 0 spiro atoms. The Kier molecular flexibility index (Phi) is 8.16. The molecule has 3 aromatic rings. The van der Waals surface area contributed by atoms with Crippen molar-refractivity contribution in [2.24, 2.45) is 0 Å². The number of amides is 3. The maximum Gasteiger partial charge on any atom is 0.257 e. The van der Waals surface area contributed by atoms with Crippen molar-refractivity contribution in [2.45, 2.75) is 20.8 Å². The molecule has 3 amide bonds. The summed E-state index contributed by atoms with van der Waals surface area (Å²) in [6.07, 6.45) is 0. The summed E-state index contributed by atoms with van der Waals surface area (Å²) in [7, 11) is 1.70. The summed E-state index contributed by atoms with van der Waals surface area (Å²) in [5.74, 6) is -0.843. The van der Waals surface area contributed by atoms with Crippen LogP contribution in [0, 0.1) is 20.8 Å². The number of anilines is 3. The number of hydrogen-bond acceptors (Lipinski definition) is 4. The zero-order valence-electron chi connectivity index (χ0n) is 19.9. The first kappa shape index (κ1) is 24.7. The van der Waals surface area contributed by atoms with Gasteiger partial charge >= 0.3 is 0 Å². The molecule has 3 aromatic carbocycles. The average Bonchev–Trinajstić information content (AvgIpc) is 2.77. The third kappa shape index (κ3) is 6.76. The molecule has 0 heterocycles. The first-order valence-corrected chi connectivity index (χ1v) is 11.0. The van der Waals surface area contributed by atoms with E-state index in [1.807, 2.05) is 51.1 Å². The Morgan fingerprint density at radius 3 is 1.94 bits per heavy atom. The molecule has 0 saturated carbocycles. The smallest absolute Gasteiger partial charge is 0.257 e. The van der Waals surface area contributed by atoms with Gasteiger partial charge in [-0.2, -0.15) is 0 Å². The van der Waals surface area contributed by atoms with Crippen molar-refractivity contribution in [3.8, 4) is 0 Å². The van der Waals surface area contributed by atoms with Gasteiger partial charge in [-0.15, -0.1) is 0 Å². The largest absolute Gasteiger partial charge is 0.324 e. The lowest BCUT2D eigenvalue weighted by molar-refractivity contribution is -0.119. The van der Waals surface area contributed by atoms with Gasteiger partial charge in [0.15, 0.2) is 0 Å². The minimum Gasteiger partial charge on any atom is -0.324 e. The minimum atomic E-state index is -0.321. The summed E-state index contributed by atoms with van der Waals surface area (Å²) < 4.78 is 0. The van der Waals surface area contributed by atoms with E-state index >= 15 is 0 Å². The number of carbonyl (C=O) groups excluding carboxylic acids is 3. The van der Waals surface area contributed by atoms with Crippen molar-refractivity contribution in [3.63, 3.8) is 0 Å². The van der Waals surface area contributed by atoms with Crippen molar-refractivity contribution in [3.05, 3.63) is 89.0 Å². The first-order chi connectivity index (χ1) is 16.2. The molecule has 0 atom stereocenters. The number of carbonyl (C=O) groups is 3. The van der Waals surface area contributed by atoms with Crippen LogP contribution in [0.15, 0.2) is 66.7 Å². The van der Waals surface area contributed by atoms with Gasteiger partial charge in [-0.3, -0.25) is 19.3 Å². The molecule has 0 saturated heterocycles. The van der Waals surface area contributed by atoms with Gasteiger partial charge in [-0.25, -0.2) is 0 Å². The van der Waals surface area contributed by atoms with E-state index in [1.54, 1.807) is 48.3 Å². The first-order valence-electron chi connectivity index (χ1n) is 11.0. The molecule has 0 aliphatic heterocycles. The molecule has 0 fully saturated rings. The summed E-state index contributed by atoms with van der Waals surface area (Å²) in [5, 5.41) is 8.54. The molecule has 34 heavy (non-hydrogen) atoms. The molecular formula is C27H30N4O3. The molecule has 3 rings (SSSR count). The highest BCUT2D eigenvalue weighted by molar-refractivity contribution is 6.10. The van der Waals surface area contributed by atoms with Crippen molar-refractivity contribution < 1.29 is 14.4 Å². The Hall–Kier alpha value is -3.97. The summed E-state index contributed by atoms with van der Waals surface area (Å²) in [5.41, 5.74) is 5.35. The molecule has 0 bridgehead atoms. The lowest BCUT2D eigenvalue weighted by Crippen LogP contribution is -2.36. The third-order valence-electron chi connectivity index (χ3n) is 5.25. The summed E-state index contributed by atoms with van der Waals surface area (Å²) in [4.78, 5) is 39.5. The maximum absolute atomic E-state index is 12.7. The zero-order chi connectivity index (χ0) is 24.7. The Balaban J connectivity index is 1.57. The van der Waals surface area contributed by atoms with Gasteiger partial charge in [0.2, 0.25) is 11.8 Å². The molecule has 0 aliphatic carbocycles. The van der Waals surface area contributed by atoms with Crippen LogP contribution in [0.5, 0.6) is 0 Å². The average molecular weight is 459 g/mol. The van der Waals surface area contributed by atoms with Crippen LogP contribution in [0.4, 0.5) is 17.1 Å². The second-order valence-corrected chi connectivity index (χ2v) is 8.41. The Morgan fingerprint density at radius 1 is 0.735 bits per heavy atom. The highest BCUT2D eigenvalue weighted by Gasteiger charge is 2.16. The van der Waals surface area contributed by atoms with Crippen LogP contribution in [-0.2, 0) is 9.59 Å². The standard InChI is InChI=1S/C27H30N4O3/c1-18-14-19(2)26(20(3)15-18)30-25(33)17-31(4)16-24(32)29-23-13-9-8-12-22(23)27(34)28-21-10-6-5-7-11-21/h5-15H,16-17H2,1-4H3,(H,28,34)(H,29,32)(H,30,33). The van der Waals surface area contributed by atoms with E-state index in [9.17, 15) is 14.4 Å². The molecule has 7 nitrogen and oxygen atoms in total. The molecule has 176 valence electrons. The van der Waals surface area contributed by atoms with E-state index in [4.69, 9.17) is 0 Å². The number of para-hydroxylation sites is 2. The number of aryl methyl sites for hydroxylation is 3. The normalized spacial score (nSPS) is 10.6. The lowest BCUT2D eigenvalue weighted by Gasteiger charge is -2.18. The van der Waals surface area contributed by atoms with Crippen molar-refractivity contribution >= 4 is 34.8 Å². The van der Waals surface area contributed by atoms with Gasteiger partial charge in [0.25, 0.3) is 5.91 Å². The minimum absolute atomic E-state index is 0.00603. The quantitative estimate of drug-likeness (QED) is 0.467. The molecular weight excluding hydrogens is 428 g/mol. The number of nitrogens with one attached hydrogen (secondary N) is 3. The number of hydrogen-bond donors (Lipinski definition) is 3. The molecule has 3 N–H and O–H groups in total. The van der Waals surface area contributed by atoms with Gasteiger partial charge in [0.05, 0.1) is 24.3 Å². The fourth-order valence-corrected chi connectivity index (χ4v) is 3.80. The monoisotopic (exact) mass is 458 g/mol. The van der Waals surface area contributed by atoms with E-state index in [-0.39, 0.29) is 30.8 Å². The molecule has 0 radical (unpaired) electrons.